The number of phenolic OH excluding ortho intramolecular Hbond substituents is 1. The Morgan fingerprint density at radius 3 is 2.50 bits per heavy atom. The zero-order valence-corrected chi connectivity index (χ0v) is 13.2. The summed E-state index contributed by atoms with van der Waals surface area (Å²) in [5, 5.41) is 29.4. The number of aliphatic hydroxyl groups is 1. The van der Waals surface area contributed by atoms with Crippen LogP contribution in [0.25, 0.3) is 0 Å². The zero-order chi connectivity index (χ0) is 13.9. The van der Waals surface area contributed by atoms with E-state index in [4.69, 9.17) is 10.2 Å². The van der Waals surface area contributed by atoms with Crippen molar-refractivity contribution in [1.29, 1.82) is 0 Å². The van der Waals surface area contributed by atoms with Gasteiger partial charge in [-0.3, -0.25) is 4.79 Å². The van der Waals surface area contributed by atoms with Crippen molar-refractivity contribution in [2.24, 2.45) is 0 Å². The van der Waals surface area contributed by atoms with Gasteiger partial charge in [-0.1, -0.05) is 0 Å². The zero-order valence-electron chi connectivity index (χ0n) is 8.85. The predicted molar refractivity (Wildman–Crippen MR) is 79.5 cm³/mol. The molecule has 0 aliphatic carbocycles. The average Bonchev–Trinajstić information content (AvgIpc) is 2.29. The highest BCUT2D eigenvalue weighted by atomic mass is 127. The normalized spacial score (nSPS) is 11.9. The van der Waals surface area contributed by atoms with Gasteiger partial charge in [0.1, 0.15) is 5.75 Å². The SMILES string of the molecule is O=C(NCC(O)C(=O)O)c1cc(I)cc(I)c1O. The Balaban J connectivity index is 2.82. The summed E-state index contributed by atoms with van der Waals surface area (Å²) in [6.45, 7) is -0.421. The first-order valence-electron chi connectivity index (χ1n) is 4.70. The van der Waals surface area contributed by atoms with Crippen LogP contribution < -0.4 is 5.32 Å². The van der Waals surface area contributed by atoms with Gasteiger partial charge in [-0.05, 0) is 57.3 Å². The monoisotopic (exact) mass is 477 g/mol. The van der Waals surface area contributed by atoms with Crippen LogP contribution in [0.15, 0.2) is 12.1 Å². The number of aliphatic carboxylic acids is 1. The van der Waals surface area contributed by atoms with Gasteiger partial charge < -0.3 is 20.6 Å². The number of carboxylic acid groups (broad SMARTS) is 1. The van der Waals surface area contributed by atoms with Crippen LogP contribution in [-0.2, 0) is 4.79 Å². The summed E-state index contributed by atoms with van der Waals surface area (Å²) in [6, 6.07) is 3.17. The number of rotatable bonds is 4. The molecule has 18 heavy (non-hydrogen) atoms. The first-order valence-corrected chi connectivity index (χ1v) is 6.85. The number of benzene rings is 1. The van der Waals surface area contributed by atoms with Crippen LogP contribution in [0, 0.1) is 7.14 Å². The van der Waals surface area contributed by atoms with Gasteiger partial charge in [-0.25, -0.2) is 4.79 Å². The largest absolute Gasteiger partial charge is 0.506 e. The maximum absolute atomic E-state index is 11.7. The molecule has 98 valence electrons. The smallest absolute Gasteiger partial charge is 0.334 e. The second-order valence-corrected chi connectivity index (χ2v) is 5.76. The third-order valence-electron chi connectivity index (χ3n) is 2.01. The molecule has 0 fully saturated rings. The molecule has 1 atom stereocenters. The van der Waals surface area contributed by atoms with Crippen LogP contribution >= 0.6 is 45.2 Å². The van der Waals surface area contributed by atoms with Crippen molar-refractivity contribution in [2.45, 2.75) is 6.10 Å². The predicted octanol–water partition coefficient (Wildman–Crippen LogP) is 0.777. The van der Waals surface area contributed by atoms with Gasteiger partial charge in [0, 0.05) is 3.57 Å². The van der Waals surface area contributed by atoms with Crippen LogP contribution in [0.5, 0.6) is 5.75 Å². The van der Waals surface area contributed by atoms with Crippen molar-refractivity contribution in [3.05, 3.63) is 24.8 Å². The Morgan fingerprint density at radius 2 is 1.94 bits per heavy atom. The molecule has 1 aromatic rings. The number of carboxylic acids is 1. The highest BCUT2D eigenvalue weighted by molar-refractivity contribution is 14.1. The summed E-state index contributed by atoms with van der Waals surface area (Å²) in [7, 11) is 0. The third kappa shape index (κ3) is 3.95. The molecule has 0 aliphatic heterocycles. The number of carbonyl (C=O) groups is 2. The molecule has 1 aromatic carbocycles. The van der Waals surface area contributed by atoms with E-state index in [1.165, 1.54) is 6.07 Å². The van der Waals surface area contributed by atoms with E-state index < -0.39 is 24.5 Å². The second kappa shape index (κ2) is 6.52. The summed E-state index contributed by atoms with van der Waals surface area (Å²) in [4.78, 5) is 22.1. The molecular weight excluding hydrogens is 468 g/mol. The highest BCUT2D eigenvalue weighted by Gasteiger charge is 2.18. The first kappa shape index (κ1) is 15.4. The van der Waals surface area contributed by atoms with Gasteiger partial charge in [-0.15, -0.1) is 0 Å². The number of aliphatic hydroxyl groups excluding tert-OH is 1. The fourth-order valence-corrected chi connectivity index (χ4v) is 2.96. The molecule has 1 rings (SSSR count). The highest BCUT2D eigenvalue weighted by Crippen LogP contribution is 2.26. The van der Waals surface area contributed by atoms with Gasteiger partial charge in [0.2, 0.25) is 0 Å². The van der Waals surface area contributed by atoms with Crippen LogP contribution in [0.3, 0.4) is 0 Å². The average molecular weight is 477 g/mol. The Bertz CT molecular complexity index is 491. The summed E-state index contributed by atoms with van der Waals surface area (Å²) in [6.07, 6.45) is -1.67. The van der Waals surface area contributed by atoms with E-state index in [-0.39, 0.29) is 11.3 Å². The van der Waals surface area contributed by atoms with Gasteiger partial charge in [0.15, 0.2) is 6.10 Å². The number of nitrogens with one attached hydrogen (secondary N) is 1. The van der Waals surface area contributed by atoms with Gasteiger partial charge in [-0.2, -0.15) is 0 Å². The van der Waals surface area contributed by atoms with Crippen molar-refractivity contribution in [3.63, 3.8) is 0 Å². The summed E-state index contributed by atoms with van der Waals surface area (Å²) in [5.41, 5.74) is 0.0453. The van der Waals surface area contributed by atoms with Crippen LogP contribution in [-0.4, -0.2) is 39.8 Å². The Labute approximate surface area is 130 Å². The molecule has 6 nitrogen and oxygen atoms in total. The number of aromatic hydroxyl groups is 1. The Hall–Kier alpha value is -0.620. The van der Waals surface area contributed by atoms with Crippen molar-refractivity contribution in [2.75, 3.05) is 6.54 Å². The van der Waals surface area contributed by atoms with Crippen LogP contribution in [0.2, 0.25) is 0 Å². The number of carbonyl (C=O) groups excluding carboxylic acids is 1. The van der Waals surface area contributed by atoms with E-state index in [1.54, 1.807) is 6.07 Å². The molecule has 0 heterocycles. The summed E-state index contributed by atoms with van der Waals surface area (Å²) in [5.74, 6) is -2.22. The van der Waals surface area contributed by atoms with Gasteiger partial charge in [0.05, 0.1) is 15.7 Å². The minimum Gasteiger partial charge on any atom is -0.506 e. The van der Waals surface area contributed by atoms with E-state index in [9.17, 15) is 14.7 Å². The van der Waals surface area contributed by atoms with Crippen LogP contribution in [0.4, 0.5) is 0 Å². The molecule has 0 radical (unpaired) electrons. The molecule has 1 unspecified atom stereocenters. The molecule has 0 bridgehead atoms. The lowest BCUT2D eigenvalue weighted by Crippen LogP contribution is -2.36. The van der Waals surface area contributed by atoms with Crippen LogP contribution in [0.1, 0.15) is 10.4 Å². The van der Waals surface area contributed by atoms with Crippen molar-refractivity contribution >= 4 is 57.1 Å². The molecule has 0 spiro atoms. The van der Waals surface area contributed by atoms with E-state index >= 15 is 0 Å². The van der Waals surface area contributed by atoms with Gasteiger partial charge in [0.25, 0.3) is 5.91 Å². The number of phenols is 1. The molecule has 0 aliphatic rings. The van der Waals surface area contributed by atoms with E-state index in [1.807, 2.05) is 45.2 Å². The molecular formula is C10H9I2NO5. The molecule has 1 amide bonds. The lowest BCUT2D eigenvalue weighted by molar-refractivity contribution is -0.146. The lowest BCUT2D eigenvalue weighted by atomic mass is 10.2. The Morgan fingerprint density at radius 1 is 1.33 bits per heavy atom. The second-order valence-electron chi connectivity index (χ2n) is 3.35. The fraction of sp³-hybridized carbons (Fsp3) is 0.200. The van der Waals surface area contributed by atoms with Crippen molar-refractivity contribution in [3.8, 4) is 5.75 Å². The lowest BCUT2D eigenvalue weighted by Gasteiger charge is -2.10. The van der Waals surface area contributed by atoms with E-state index in [0.29, 0.717) is 3.57 Å². The number of hydrogen-bond acceptors (Lipinski definition) is 4. The number of halogens is 2. The molecule has 0 saturated heterocycles. The number of hydrogen-bond donors (Lipinski definition) is 4. The van der Waals surface area contributed by atoms with Gasteiger partial charge >= 0.3 is 5.97 Å². The fourth-order valence-electron chi connectivity index (χ4n) is 1.11. The quantitative estimate of drug-likeness (QED) is 0.480. The molecule has 8 heteroatoms. The standard InChI is InChI=1S/C10H9I2NO5/c11-4-1-5(8(15)6(12)2-4)9(16)13-3-7(14)10(17)18/h1-2,7,14-15H,3H2,(H,13,16)(H,17,18). The number of amides is 1. The minimum absolute atomic E-state index is 0.0453. The molecule has 4 N–H and O–H groups in total. The summed E-state index contributed by atoms with van der Waals surface area (Å²) >= 11 is 3.88. The summed E-state index contributed by atoms with van der Waals surface area (Å²) < 4.78 is 1.28. The Kier molecular flexibility index (Phi) is 5.59. The van der Waals surface area contributed by atoms with E-state index in [2.05, 4.69) is 5.32 Å². The maximum Gasteiger partial charge on any atom is 0.334 e. The minimum atomic E-state index is -1.67. The molecule has 0 saturated carbocycles. The van der Waals surface area contributed by atoms with Crippen molar-refractivity contribution < 1.29 is 24.9 Å². The van der Waals surface area contributed by atoms with Crippen molar-refractivity contribution in [1.82, 2.24) is 5.32 Å². The first-order chi connectivity index (χ1) is 8.32. The topological polar surface area (TPSA) is 107 Å². The maximum atomic E-state index is 11.7. The van der Waals surface area contributed by atoms with E-state index in [0.717, 1.165) is 3.57 Å². The molecule has 0 aromatic heterocycles. The third-order valence-corrected chi connectivity index (χ3v) is 3.46.